The number of hydrogen-bond acceptors (Lipinski definition) is 9. The van der Waals surface area contributed by atoms with Crippen molar-refractivity contribution in [1.82, 2.24) is 10.2 Å². The monoisotopic (exact) mass is 471 g/mol. The largest absolute Gasteiger partial charge is 0.444 e. The van der Waals surface area contributed by atoms with Gasteiger partial charge in [0.1, 0.15) is 24.5 Å². The summed E-state index contributed by atoms with van der Waals surface area (Å²) >= 11 is 0. The lowest BCUT2D eigenvalue weighted by Crippen LogP contribution is -2.36. The number of rotatable bonds is 13. The molecule has 0 radical (unpaired) electrons. The van der Waals surface area contributed by atoms with Crippen molar-refractivity contribution in [3.63, 3.8) is 0 Å². The summed E-state index contributed by atoms with van der Waals surface area (Å²) in [6.45, 7) is 6.99. The highest BCUT2D eigenvalue weighted by molar-refractivity contribution is 5.78. The molecule has 0 aromatic carbocycles. The van der Waals surface area contributed by atoms with E-state index < -0.39 is 11.7 Å². The second kappa shape index (κ2) is 23.8. The number of ether oxygens (including phenoxy) is 1. The molecule has 0 aliphatic rings. The Kier molecular flexibility index (Phi) is 25.1. The summed E-state index contributed by atoms with van der Waals surface area (Å²) in [4.78, 5) is 53.4. The lowest BCUT2D eigenvalue weighted by atomic mass is 10.1. The molecule has 0 bridgehead atoms. The fourth-order valence-electron chi connectivity index (χ4n) is 1.98. The minimum absolute atomic E-state index is 0.0978. The van der Waals surface area contributed by atoms with Crippen molar-refractivity contribution >= 4 is 30.9 Å². The maximum absolute atomic E-state index is 11.3. The second-order valence-corrected chi connectivity index (χ2v) is 7.63. The summed E-state index contributed by atoms with van der Waals surface area (Å²) < 4.78 is 5.06. The Hall–Kier alpha value is -2.81. The lowest BCUT2D eigenvalue weighted by molar-refractivity contribution is -0.132. The molecule has 1 atom stereocenters. The van der Waals surface area contributed by atoms with E-state index in [1.807, 2.05) is 20.8 Å². The molecule has 0 saturated heterocycles. The number of carbonyl (C=O) groups excluding carboxylic acids is 5. The van der Waals surface area contributed by atoms with Crippen LogP contribution in [-0.2, 0) is 23.9 Å². The fourth-order valence-corrected chi connectivity index (χ4v) is 1.98. The van der Waals surface area contributed by atoms with Gasteiger partial charge in [0.25, 0.3) is 0 Å². The Balaban J connectivity index is -0.000000476. The van der Waals surface area contributed by atoms with Gasteiger partial charge in [-0.2, -0.15) is 0 Å². The van der Waals surface area contributed by atoms with Crippen LogP contribution in [-0.4, -0.2) is 80.1 Å². The summed E-state index contributed by atoms with van der Waals surface area (Å²) in [6.07, 6.45) is 9.62. The predicted octanol–water partition coefficient (Wildman–Crippen LogP) is -0.262. The van der Waals surface area contributed by atoms with E-state index in [9.17, 15) is 19.2 Å². The number of aldehydes is 3. The number of hydrogen-bond donors (Lipinski definition) is 4. The van der Waals surface area contributed by atoms with Crippen LogP contribution < -0.4 is 22.5 Å². The summed E-state index contributed by atoms with van der Waals surface area (Å²) in [5, 5.41) is 2.64. The molecule has 2 amide bonds. The van der Waals surface area contributed by atoms with Gasteiger partial charge >= 0.3 is 6.09 Å². The molecule has 11 heteroatoms. The third kappa shape index (κ3) is 29.2. The molecule has 0 spiro atoms. The maximum Gasteiger partial charge on any atom is 0.407 e. The van der Waals surface area contributed by atoms with E-state index in [0.29, 0.717) is 45.0 Å². The molecule has 0 aromatic heterocycles. The highest BCUT2D eigenvalue weighted by atomic mass is 16.6. The van der Waals surface area contributed by atoms with E-state index in [1.54, 1.807) is 0 Å². The number of nitrogens with zero attached hydrogens (tertiary/aromatic N) is 1. The van der Waals surface area contributed by atoms with Gasteiger partial charge in [-0.05, 0) is 40.0 Å². The second-order valence-electron chi connectivity index (χ2n) is 7.63. The molecule has 0 aromatic rings. The Morgan fingerprint density at radius 1 is 1.15 bits per heavy atom. The molecule has 0 rings (SSSR count). The summed E-state index contributed by atoms with van der Waals surface area (Å²) in [7, 11) is 0. The minimum atomic E-state index is -0.468. The van der Waals surface area contributed by atoms with Crippen molar-refractivity contribution in [3.05, 3.63) is 0 Å². The van der Waals surface area contributed by atoms with Crippen LogP contribution in [0.25, 0.3) is 0 Å². The van der Waals surface area contributed by atoms with Gasteiger partial charge in [-0.3, -0.25) is 4.79 Å². The highest BCUT2D eigenvalue weighted by Gasteiger charge is 2.15. The number of alkyl carbamates (subject to hydrolysis) is 1. The molecule has 0 aliphatic heterocycles. The molecule has 0 aliphatic carbocycles. The van der Waals surface area contributed by atoms with Crippen LogP contribution in [0.3, 0.4) is 0 Å². The Labute approximate surface area is 197 Å². The first kappa shape index (κ1) is 34.8. The van der Waals surface area contributed by atoms with Crippen molar-refractivity contribution in [2.24, 2.45) is 17.2 Å². The Morgan fingerprint density at radius 2 is 1.76 bits per heavy atom. The molecule has 0 heterocycles. The van der Waals surface area contributed by atoms with E-state index in [2.05, 4.69) is 17.0 Å². The average molecular weight is 472 g/mol. The van der Waals surface area contributed by atoms with Crippen molar-refractivity contribution in [3.8, 4) is 12.3 Å². The molecule has 190 valence electrons. The standard InChI is InChI=1S/C11H22N2O3.C9H14N2O2.C2H5NO/c1-11(2,3)16-10(15)13-7-5-4-6-9(12)8-14;1-2-3-4-9(13)11(6-5-10)7-8-12;3-1-2-4/h8-9H,4-7,12H2,1-3H3,(H,13,15);1,8H,3-7,10H2;2H,1,3H2/t9-;;/m0../s1. The first-order chi connectivity index (χ1) is 15.5. The number of terminal acetylenes is 1. The molecule has 0 unspecified atom stereocenters. The summed E-state index contributed by atoms with van der Waals surface area (Å²) in [6, 6.07) is -0.387. The van der Waals surface area contributed by atoms with E-state index in [4.69, 9.17) is 27.4 Å². The van der Waals surface area contributed by atoms with Crippen LogP contribution in [0.1, 0.15) is 52.9 Å². The topological polar surface area (TPSA) is 188 Å². The van der Waals surface area contributed by atoms with Crippen molar-refractivity contribution < 1.29 is 28.7 Å². The molecule has 0 saturated carbocycles. The van der Waals surface area contributed by atoms with Crippen molar-refractivity contribution in [2.75, 3.05) is 32.7 Å². The summed E-state index contributed by atoms with van der Waals surface area (Å²) in [5.41, 5.74) is 14.9. The zero-order valence-electron chi connectivity index (χ0n) is 20.1. The minimum Gasteiger partial charge on any atom is -0.444 e. The normalized spacial score (nSPS) is 10.6. The number of unbranched alkanes of at least 4 members (excludes halogenated alkanes) is 1. The molecule has 0 fully saturated rings. The summed E-state index contributed by atoms with van der Waals surface area (Å²) in [5.74, 6) is 2.26. The van der Waals surface area contributed by atoms with Crippen molar-refractivity contribution in [2.45, 2.75) is 64.5 Å². The van der Waals surface area contributed by atoms with E-state index in [1.165, 1.54) is 4.90 Å². The number of nitrogens with two attached hydrogens (primary N) is 3. The smallest absolute Gasteiger partial charge is 0.407 e. The van der Waals surface area contributed by atoms with Crippen LogP contribution in [0.2, 0.25) is 0 Å². The Morgan fingerprint density at radius 3 is 2.18 bits per heavy atom. The average Bonchev–Trinajstić information content (AvgIpc) is 2.76. The molecular formula is C22H41N5O6. The highest BCUT2D eigenvalue weighted by Crippen LogP contribution is 2.06. The SMILES string of the molecule is C#CCCC(=O)N(CC=O)CCN.CC(C)(C)OC(=O)NCCCC[C@H](N)C=O.NCC=O. The third-order valence-corrected chi connectivity index (χ3v) is 3.43. The van der Waals surface area contributed by atoms with Gasteiger partial charge in [0.2, 0.25) is 5.91 Å². The van der Waals surface area contributed by atoms with E-state index in [-0.39, 0.29) is 31.5 Å². The molecular weight excluding hydrogens is 430 g/mol. The molecule has 11 nitrogen and oxygen atoms in total. The van der Waals surface area contributed by atoms with Crippen LogP contribution in [0.4, 0.5) is 4.79 Å². The zero-order chi connectivity index (χ0) is 26.1. The van der Waals surface area contributed by atoms with Gasteiger partial charge in [-0.15, -0.1) is 12.3 Å². The maximum atomic E-state index is 11.3. The number of nitrogens with one attached hydrogen (secondary N) is 1. The van der Waals surface area contributed by atoms with Crippen LogP contribution in [0.15, 0.2) is 0 Å². The van der Waals surface area contributed by atoms with Gasteiger partial charge in [-0.25, -0.2) is 4.79 Å². The first-order valence-electron chi connectivity index (χ1n) is 10.7. The number of amides is 2. The van der Waals surface area contributed by atoms with Crippen LogP contribution >= 0.6 is 0 Å². The van der Waals surface area contributed by atoms with Crippen molar-refractivity contribution in [1.29, 1.82) is 0 Å². The lowest BCUT2D eigenvalue weighted by Gasteiger charge is -2.19. The predicted molar refractivity (Wildman–Crippen MR) is 127 cm³/mol. The van der Waals surface area contributed by atoms with E-state index >= 15 is 0 Å². The quantitative estimate of drug-likeness (QED) is 0.159. The fraction of sp³-hybridized carbons (Fsp3) is 0.682. The molecule has 7 N–H and O–H groups in total. The first-order valence-corrected chi connectivity index (χ1v) is 10.7. The van der Waals surface area contributed by atoms with Gasteiger partial charge in [0.05, 0.1) is 12.6 Å². The Bertz CT molecular complexity index is 587. The third-order valence-electron chi connectivity index (χ3n) is 3.43. The van der Waals surface area contributed by atoms with Gasteiger partial charge < -0.3 is 46.5 Å². The van der Waals surface area contributed by atoms with Gasteiger partial charge in [-0.1, -0.05) is 0 Å². The van der Waals surface area contributed by atoms with Gasteiger partial charge in [0.15, 0.2) is 0 Å². The zero-order valence-corrected chi connectivity index (χ0v) is 20.1. The number of carbonyl (C=O) groups is 5. The molecule has 33 heavy (non-hydrogen) atoms. The van der Waals surface area contributed by atoms with E-state index in [0.717, 1.165) is 19.1 Å². The van der Waals surface area contributed by atoms with Gasteiger partial charge in [0, 0.05) is 39.0 Å². The van der Waals surface area contributed by atoms with Crippen LogP contribution in [0.5, 0.6) is 0 Å². The van der Waals surface area contributed by atoms with Crippen LogP contribution in [0, 0.1) is 12.3 Å².